The Morgan fingerprint density at radius 3 is 2.37 bits per heavy atom. The molecule has 0 bridgehead atoms. The van der Waals surface area contributed by atoms with Gasteiger partial charge in [-0.15, -0.1) is 0 Å². The van der Waals surface area contributed by atoms with Crippen molar-refractivity contribution in [3.8, 4) is 0 Å². The highest BCUT2D eigenvalue weighted by atomic mass is 16.1. The standard InChI is InChI=1S/C22H24N4O/c27-22(24-15-18-7-3-1-4-8-18)20-16-23-21-11-12-25(13-14-26(20)21)17-19-9-5-2-6-10-19/h1-10,16H,11-15,17H2,(H,24,27). The van der Waals surface area contributed by atoms with Gasteiger partial charge in [0.1, 0.15) is 11.5 Å². The van der Waals surface area contributed by atoms with Crippen molar-refractivity contribution < 1.29 is 4.79 Å². The van der Waals surface area contributed by atoms with E-state index in [0.29, 0.717) is 12.2 Å². The van der Waals surface area contributed by atoms with Gasteiger partial charge in [-0.3, -0.25) is 9.69 Å². The fourth-order valence-electron chi connectivity index (χ4n) is 3.52. The number of hydrogen-bond acceptors (Lipinski definition) is 3. The molecule has 0 aliphatic carbocycles. The molecule has 2 heterocycles. The number of hydrogen-bond donors (Lipinski definition) is 1. The molecule has 138 valence electrons. The van der Waals surface area contributed by atoms with E-state index in [-0.39, 0.29) is 5.91 Å². The van der Waals surface area contributed by atoms with Gasteiger partial charge < -0.3 is 9.88 Å². The van der Waals surface area contributed by atoms with E-state index < -0.39 is 0 Å². The number of rotatable bonds is 5. The lowest BCUT2D eigenvalue weighted by Gasteiger charge is -2.19. The summed E-state index contributed by atoms with van der Waals surface area (Å²) in [5, 5.41) is 3.01. The van der Waals surface area contributed by atoms with Gasteiger partial charge in [0.25, 0.3) is 5.91 Å². The zero-order chi connectivity index (χ0) is 18.5. The first kappa shape index (κ1) is 17.5. The lowest BCUT2D eigenvalue weighted by Crippen LogP contribution is -2.28. The normalized spacial score (nSPS) is 14.4. The molecule has 0 saturated carbocycles. The van der Waals surface area contributed by atoms with Crippen LogP contribution >= 0.6 is 0 Å². The number of amides is 1. The average Bonchev–Trinajstić information content (AvgIpc) is 3.02. The van der Waals surface area contributed by atoms with Crippen LogP contribution in [-0.2, 0) is 26.1 Å². The lowest BCUT2D eigenvalue weighted by atomic mass is 10.2. The summed E-state index contributed by atoms with van der Waals surface area (Å²) in [4.78, 5) is 19.6. The fraction of sp³-hybridized carbons (Fsp3) is 0.273. The molecule has 1 amide bonds. The minimum absolute atomic E-state index is 0.0610. The molecule has 0 spiro atoms. The molecule has 1 N–H and O–H groups in total. The smallest absolute Gasteiger partial charge is 0.269 e. The zero-order valence-electron chi connectivity index (χ0n) is 15.3. The van der Waals surface area contributed by atoms with Crippen molar-refractivity contribution in [3.63, 3.8) is 0 Å². The van der Waals surface area contributed by atoms with Gasteiger partial charge in [0.2, 0.25) is 0 Å². The molecule has 1 aromatic heterocycles. The number of nitrogens with one attached hydrogen (secondary N) is 1. The lowest BCUT2D eigenvalue weighted by molar-refractivity contribution is 0.0940. The molecular weight excluding hydrogens is 336 g/mol. The average molecular weight is 360 g/mol. The van der Waals surface area contributed by atoms with E-state index in [1.165, 1.54) is 5.56 Å². The molecule has 1 aliphatic heterocycles. The fourth-order valence-corrected chi connectivity index (χ4v) is 3.52. The minimum atomic E-state index is -0.0610. The predicted octanol–water partition coefficient (Wildman–Crippen LogP) is 2.87. The van der Waals surface area contributed by atoms with Gasteiger partial charge in [0.05, 0.1) is 6.20 Å². The summed E-state index contributed by atoms with van der Waals surface area (Å²) in [6, 6.07) is 20.5. The Morgan fingerprint density at radius 2 is 1.63 bits per heavy atom. The first-order chi connectivity index (χ1) is 13.3. The highest BCUT2D eigenvalue weighted by Crippen LogP contribution is 2.14. The molecule has 1 aliphatic rings. The number of benzene rings is 2. The van der Waals surface area contributed by atoms with E-state index in [2.05, 4.69) is 44.0 Å². The maximum Gasteiger partial charge on any atom is 0.269 e. The second kappa shape index (κ2) is 8.18. The number of nitrogens with zero attached hydrogens (tertiary/aromatic N) is 3. The first-order valence-electron chi connectivity index (χ1n) is 9.42. The Kier molecular flexibility index (Phi) is 5.30. The van der Waals surface area contributed by atoms with Gasteiger partial charge in [-0.25, -0.2) is 4.98 Å². The molecule has 0 unspecified atom stereocenters. The quantitative estimate of drug-likeness (QED) is 0.761. The highest BCUT2D eigenvalue weighted by Gasteiger charge is 2.20. The molecule has 3 aromatic rings. The Bertz CT molecular complexity index is 889. The molecule has 27 heavy (non-hydrogen) atoms. The van der Waals surface area contributed by atoms with Crippen molar-refractivity contribution in [2.45, 2.75) is 26.1 Å². The van der Waals surface area contributed by atoms with Gasteiger partial charge in [0, 0.05) is 39.1 Å². The van der Waals surface area contributed by atoms with Crippen molar-refractivity contribution >= 4 is 5.91 Å². The molecule has 5 heteroatoms. The SMILES string of the molecule is O=C(NCc1ccccc1)c1cnc2n1CCN(Cc1ccccc1)CC2. The summed E-state index contributed by atoms with van der Waals surface area (Å²) in [6.07, 6.45) is 2.57. The third-order valence-electron chi connectivity index (χ3n) is 5.01. The maximum absolute atomic E-state index is 12.7. The van der Waals surface area contributed by atoms with E-state index in [1.54, 1.807) is 6.20 Å². The molecule has 2 aromatic carbocycles. The topological polar surface area (TPSA) is 50.2 Å². The number of imidazole rings is 1. The summed E-state index contributed by atoms with van der Waals surface area (Å²) in [5.74, 6) is 0.935. The number of carbonyl (C=O) groups is 1. The van der Waals surface area contributed by atoms with Crippen LogP contribution in [0, 0.1) is 0 Å². The van der Waals surface area contributed by atoms with E-state index in [0.717, 1.165) is 44.0 Å². The van der Waals surface area contributed by atoms with Gasteiger partial charge >= 0.3 is 0 Å². The van der Waals surface area contributed by atoms with Gasteiger partial charge in [0.15, 0.2) is 0 Å². The van der Waals surface area contributed by atoms with Crippen LogP contribution in [0.25, 0.3) is 0 Å². The molecule has 0 atom stereocenters. The number of carbonyl (C=O) groups excluding carboxylic acids is 1. The largest absolute Gasteiger partial charge is 0.347 e. The van der Waals surface area contributed by atoms with Crippen LogP contribution in [-0.4, -0.2) is 33.4 Å². The molecule has 0 radical (unpaired) electrons. The van der Waals surface area contributed by atoms with E-state index in [4.69, 9.17) is 0 Å². The van der Waals surface area contributed by atoms with E-state index in [1.807, 2.05) is 36.4 Å². The molecule has 0 saturated heterocycles. The molecule has 5 nitrogen and oxygen atoms in total. The third-order valence-corrected chi connectivity index (χ3v) is 5.01. The van der Waals surface area contributed by atoms with Crippen molar-refractivity contribution in [3.05, 3.63) is 89.5 Å². The van der Waals surface area contributed by atoms with Gasteiger partial charge in [-0.1, -0.05) is 60.7 Å². The first-order valence-corrected chi connectivity index (χ1v) is 9.42. The summed E-state index contributed by atoms with van der Waals surface area (Å²) in [7, 11) is 0. The van der Waals surface area contributed by atoms with Crippen LogP contribution < -0.4 is 5.32 Å². The third kappa shape index (κ3) is 4.26. The monoisotopic (exact) mass is 360 g/mol. The minimum Gasteiger partial charge on any atom is -0.347 e. The van der Waals surface area contributed by atoms with Crippen LogP contribution in [0.3, 0.4) is 0 Å². The zero-order valence-corrected chi connectivity index (χ0v) is 15.3. The van der Waals surface area contributed by atoms with Gasteiger partial charge in [-0.2, -0.15) is 0 Å². The van der Waals surface area contributed by atoms with Crippen LogP contribution in [0.1, 0.15) is 27.4 Å². The van der Waals surface area contributed by atoms with Crippen LogP contribution in [0.5, 0.6) is 0 Å². The van der Waals surface area contributed by atoms with Crippen molar-refractivity contribution in [1.29, 1.82) is 0 Å². The molecular formula is C22H24N4O. The van der Waals surface area contributed by atoms with Crippen molar-refractivity contribution in [2.75, 3.05) is 13.1 Å². The summed E-state index contributed by atoms with van der Waals surface area (Å²) < 4.78 is 2.07. The summed E-state index contributed by atoms with van der Waals surface area (Å²) >= 11 is 0. The van der Waals surface area contributed by atoms with Crippen molar-refractivity contribution in [2.24, 2.45) is 0 Å². The van der Waals surface area contributed by atoms with Crippen molar-refractivity contribution in [1.82, 2.24) is 19.8 Å². The van der Waals surface area contributed by atoms with E-state index in [9.17, 15) is 4.79 Å². The summed E-state index contributed by atoms with van der Waals surface area (Å²) in [5.41, 5.74) is 3.07. The highest BCUT2D eigenvalue weighted by molar-refractivity contribution is 5.92. The van der Waals surface area contributed by atoms with Crippen LogP contribution in [0.4, 0.5) is 0 Å². The Labute approximate surface area is 159 Å². The van der Waals surface area contributed by atoms with Crippen LogP contribution in [0.2, 0.25) is 0 Å². The number of aromatic nitrogens is 2. The Balaban J connectivity index is 1.39. The molecule has 4 rings (SSSR count). The second-order valence-electron chi connectivity index (χ2n) is 6.89. The van der Waals surface area contributed by atoms with E-state index >= 15 is 0 Å². The molecule has 0 fully saturated rings. The maximum atomic E-state index is 12.7. The predicted molar refractivity (Wildman–Crippen MR) is 105 cm³/mol. The number of fused-ring (bicyclic) bond motifs is 1. The Hall–Kier alpha value is -2.92. The van der Waals surface area contributed by atoms with Crippen LogP contribution in [0.15, 0.2) is 66.9 Å². The summed E-state index contributed by atoms with van der Waals surface area (Å²) in [6.45, 7) is 4.12. The second-order valence-corrected chi connectivity index (χ2v) is 6.89. The van der Waals surface area contributed by atoms with Gasteiger partial charge in [-0.05, 0) is 11.1 Å². The Morgan fingerprint density at radius 1 is 0.926 bits per heavy atom.